The van der Waals surface area contributed by atoms with Gasteiger partial charge < -0.3 is 30.6 Å². The lowest BCUT2D eigenvalue weighted by Crippen LogP contribution is -2.51. The number of carbonyl (C=O) groups is 3. The van der Waals surface area contributed by atoms with Gasteiger partial charge in [0, 0.05) is 12.1 Å². The molecule has 12 atom stereocenters. The molecule has 4 aliphatic carbocycles. The first-order valence-electron chi connectivity index (χ1n) is 14.8. The third-order valence-electron chi connectivity index (χ3n) is 9.91. The third-order valence-corrected chi connectivity index (χ3v) is 10.9. The van der Waals surface area contributed by atoms with Crippen molar-refractivity contribution in [3.63, 3.8) is 0 Å². The van der Waals surface area contributed by atoms with E-state index >= 15 is 0 Å². The highest BCUT2D eigenvalue weighted by Gasteiger charge is 2.42. The summed E-state index contributed by atoms with van der Waals surface area (Å²) in [6.07, 6.45) is 6.09. The maximum Gasteiger partial charge on any atom is 0.307 e. The van der Waals surface area contributed by atoms with Gasteiger partial charge in [-0.1, -0.05) is 0 Å². The Labute approximate surface area is 245 Å². The van der Waals surface area contributed by atoms with E-state index in [2.05, 4.69) is 10.8 Å². The highest BCUT2D eigenvalue weighted by atomic mass is 35.5. The average molecular weight is 608 g/mol. The number of aliphatic hydroxyl groups is 2. The Morgan fingerprint density at radius 1 is 0.675 bits per heavy atom. The maximum atomic E-state index is 13.0. The normalized spacial score (nSPS) is 42.6. The van der Waals surface area contributed by atoms with E-state index in [-0.39, 0.29) is 54.1 Å². The van der Waals surface area contributed by atoms with Crippen LogP contribution >= 0.6 is 23.2 Å². The number of hydrogen-bond acceptors (Lipinski definition) is 7. The predicted octanol–water partition coefficient (Wildman–Crippen LogP) is 2.90. The Morgan fingerprint density at radius 3 is 1.80 bits per heavy atom. The Hall–Kier alpha value is -1.17. The summed E-state index contributed by atoms with van der Waals surface area (Å²) in [7, 11) is 0. The summed E-state index contributed by atoms with van der Waals surface area (Å²) in [5, 5.41) is 41.3. The molecule has 228 valence electrons. The van der Waals surface area contributed by atoms with Crippen molar-refractivity contribution in [3.05, 3.63) is 0 Å². The van der Waals surface area contributed by atoms with E-state index in [0.29, 0.717) is 37.5 Å². The summed E-state index contributed by atoms with van der Waals surface area (Å²) in [6.45, 7) is 0.269. The molecule has 0 aliphatic heterocycles. The van der Waals surface area contributed by atoms with Crippen molar-refractivity contribution in [2.75, 3.05) is 6.61 Å². The predicted molar refractivity (Wildman–Crippen MR) is 148 cm³/mol. The summed E-state index contributed by atoms with van der Waals surface area (Å²) in [4.78, 5) is 41.9. The van der Waals surface area contributed by atoms with Gasteiger partial charge in [0.2, 0.25) is 5.91 Å². The van der Waals surface area contributed by atoms with Gasteiger partial charge in [0.25, 0.3) is 0 Å². The number of aliphatic carboxylic acids is 2. The summed E-state index contributed by atoms with van der Waals surface area (Å²) in [6, 6.07) is -0.241. The second kappa shape index (κ2) is 14.3. The summed E-state index contributed by atoms with van der Waals surface area (Å²) < 4.78 is 0. The monoisotopic (exact) mass is 606 g/mol. The van der Waals surface area contributed by atoms with Crippen LogP contribution < -0.4 is 10.8 Å². The van der Waals surface area contributed by atoms with Crippen molar-refractivity contribution >= 4 is 41.0 Å². The zero-order valence-corrected chi connectivity index (χ0v) is 24.3. The number of aliphatic hydroxyl groups excluding tert-OH is 2. The fourth-order valence-electron chi connectivity index (χ4n) is 7.44. The number of halogens is 2. The largest absolute Gasteiger partial charge is 0.481 e. The van der Waals surface area contributed by atoms with Gasteiger partial charge in [-0.2, -0.15) is 5.48 Å². The van der Waals surface area contributed by atoms with E-state index < -0.39 is 41.9 Å². The Balaban J connectivity index is 1.19. The standard InChI is InChI=1S/C28H44Cl2N2O8/c29-22-9-14(2-7-24(22)31-26(35)19-6-5-18(34)12-21(19)28(38)39)15-3-8-25(23(30)10-15)32-40-13-16-1-4-17(33)11-20(16)27(36)37/h14-25,32-34H,1-13H2,(H,31,35)(H,36,37)(H,38,39). The van der Waals surface area contributed by atoms with Crippen LogP contribution in [0.25, 0.3) is 0 Å². The van der Waals surface area contributed by atoms with Crippen molar-refractivity contribution < 1.29 is 39.6 Å². The van der Waals surface area contributed by atoms with Crippen LogP contribution in [0.4, 0.5) is 0 Å². The van der Waals surface area contributed by atoms with E-state index in [1.54, 1.807) is 0 Å². The number of carbonyl (C=O) groups excluding carboxylic acids is 1. The van der Waals surface area contributed by atoms with Gasteiger partial charge >= 0.3 is 11.9 Å². The zero-order chi connectivity index (χ0) is 29.0. The van der Waals surface area contributed by atoms with Gasteiger partial charge in [0.1, 0.15) is 0 Å². The van der Waals surface area contributed by atoms with E-state index in [0.717, 1.165) is 38.5 Å². The zero-order valence-electron chi connectivity index (χ0n) is 22.8. The van der Waals surface area contributed by atoms with Gasteiger partial charge in [0.15, 0.2) is 0 Å². The van der Waals surface area contributed by atoms with Crippen LogP contribution in [0.15, 0.2) is 0 Å². The van der Waals surface area contributed by atoms with E-state index in [1.807, 2.05) is 0 Å². The SMILES string of the molecule is O=C(O)C1CC(O)CCC1CONC1CCC(C2CCC(NC(=O)C3CCC(O)CC3C(=O)O)C(Cl)C2)CC1Cl. The summed E-state index contributed by atoms with van der Waals surface area (Å²) in [5.74, 6) is -3.70. The number of amides is 1. The number of nitrogens with one attached hydrogen (secondary N) is 2. The molecule has 4 aliphatic rings. The molecule has 4 rings (SSSR count). The number of hydroxylamine groups is 1. The quantitative estimate of drug-likeness (QED) is 0.171. The molecule has 0 spiro atoms. The van der Waals surface area contributed by atoms with Crippen molar-refractivity contribution in [1.29, 1.82) is 0 Å². The third kappa shape index (κ3) is 8.01. The lowest BCUT2D eigenvalue weighted by molar-refractivity contribution is -0.151. The molecule has 0 radical (unpaired) electrons. The highest BCUT2D eigenvalue weighted by molar-refractivity contribution is 6.21. The van der Waals surface area contributed by atoms with E-state index in [1.165, 1.54) is 0 Å². The molecule has 12 heteroatoms. The van der Waals surface area contributed by atoms with Gasteiger partial charge in [-0.15, -0.1) is 23.2 Å². The number of hydrogen-bond donors (Lipinski definition) is 6. The van der Waals surface area contributed by atoms with Crippen molar-refractivity contribution in [2.24, 2.45) is 35.5 Å². The van der Waals surface area contributed by atoms with Crippen LogP contribution in [-0.4, -0.2) is 79.9 Å². The smallest absolute Gasteiger partial charge is 0.307 e. The molecular weight excluding hydrogens is 563 g/mol. The molecule has 10 nitrogen and oxygen atoms in total. The highest BCUT2D eigenvalue weighted by Crippen LogP contribution is 2.42. The molecule has 12 unspecified atom stereocenters. The summed E-state index contributed by atoms with van der Waals surface area (Å²) in [5.41, 5.74) is 3.08. The van der Waals surface area contributed by atoms with E-state index in [4.69, 9.17) is 28.0 Å². The minimum atomic E-state index is -1.05. The average Bonchev–Trinajstić information content (AvgIpc) is 2.91. The van der Waals surface area contributed by atoms with Gasteiger partial charge in [-0.25, -0.2) is 0 Å². The number of alkyl halides is 2. The number of carboxylic acids is 2. The number of carboxylic acid groups (broad SMARTS) is 2. The molecule has 0 bridgehead atoms. The fourth-order valence-corrected chi connectivity index (χ4v) is 8.27. The Bertz CT molecular complexity index is 896. The molecule has 4 fully saturated rings. The molecule has 0 aromatic rings. The second-order valence-corrected chi connectivity index (χ2v) is 13.6. The van der Waals surface area contributed by atoms with Crippen molar-refractivity contribution in [2.45, 2.75) is 112 Å². The molecule has 1 amide bonds. The van der Waals surface area contributed by atoms with Crippen LogP contribution in [0.3, 0.4) is 0 Å². The molecule has 0 aromatic carbocycles. The van der Waals surface area contributed by atoms with E-state index in [9.17, 15) is 34.8 Å². The molecule has 0 saturated heterocycles. The van der Waals surface area contributed by atoms with Gasteiger partial charge in [-0.05, 0) is 94.8 Å². The fraction of sp³-hybridized carbons (Fsp3) is 0.893. The number of rotatable bonds is 9. The van der Waals surface area contributed by atoms with Crippen molar-refractivity contribution in [1.82, 2.24) is 10.8 Å². The molecule has 0 heterocycles. The molecule has 40 heavy (non-hydrogen) atoms. The first-order valence-corrected chi connectivity index (χ1v) is 15.7. The van der Waals surface area contributed by atoms with Crippen LogP contribution in [0.1, 0.15) is 77.0 Å². The Kier molecular flexibility index (Phi) is 11.4. The maximum absolute atomic E-state index is 13.0. The molecule has 0 aromatic heterocycles. The van der Waals surface area contributed by atoms with Crippen LogP contribution in [0.5, 0.6) is 0 Å². The molecule has 4 saturated carbocycles. The molecular formula is C28H44Cl2N2O8. The summed E-state index contributed by atoms with van der Waals surface area (Å²) >= 11 is 13.5. The van der Waals surface area contributed by atoms with Crippen LogP contribution in [0, 0.1) is 35.5 Å². The minimum absolute atomic E-state index is 0.0333. The first kappa shape index (κ1) is 31.8. The van der Waals surface area contributed by atoms with Crippen LogP contribution in [-0.2, 0) is 19.2 Å². The Morgan fingerprint density at radius 2 is 1.23 bits per heavy atom. The van der Waals surface area contributed by atoms with Crippen molar-refractivity contribution in [3.8, 4) is 0 Å². The van der Waals surface area contributed by atoms with Crippen LogP contribution in [0.2, 0.25) is 0 Å². The minimum Gasteiger partial charge on any atom is -0.481 e. The molecule has 6 N–H and O–H groups in total. The van der Waals surface area contributed by atoms with Gasteiger partial charge in [-0.3, -0.25) is 14.4 Å². The second-order valence-electron chi connectivity index (χ2n) is 12.5. The lowest BCUT2D eigenvalue weighted by Gasteiger charge is -2.42. The lowest BCUT2D eigenvalue weighted by atomic mass is 9.71. The first-order chi connectivity index (χ1) is 19.0. The topological polar surface area (TPSA) is 165 Å². The van der Waals surface area contributed by atoms with Gasteiger partial charge in [0.05, 0.1) is 47.3 Å².